The van der Waals surface area contributed by atoms with E-state index in [1.54, 1.807) is 0 Å². The van der Waals surface area contributed by atoms with E-state index >= 15 is 0 Å². The van der Waals surface area contributed by atoms with E-state index in [9.17, 15) is 15.1 Å². The number of carbonyl (C=O) groups is 2. The van der Waals surface area contributed by atoms with Crippen LogP contribution in [0.15, 0.2) is 16.8 Å². The first-order valence-electron chi connectivity index (χ1n) is 15.0. The fraction of sp³-hybridized carbons (Fsp3) is 0.844. The first-order chi connectivity index (χ1) is 17.9. The second kappa shape index (κ2) is 11.4. The molecule has 4 saturated carbocycles. The van der Waals surface area contributed by atoms with Gasteiger partial charge in [-0.05, 0) is 103 Å². The van der Waals surface area contributed by atoms with Crippen LogP contribution in [0, 0.1) is 51.2 Å². The van der Waals surface area contributed by atoms with E-state index in [0.29, 0.717) is 41.3 Å². The SMILES string of the molecule is CC.CC1(C)CCC2(C)CCC3C(C(=O)C=C4C5(C)CC/C(=N\O)C(CO)C5CCC43C)C2C1.COC=O. The van der Waals surface area contributed by atoms with Gasteiger partial charge in [-0.3, -0.25) is 9.59 Å². The topological polar surface area (TPSA) is 96.2 Å². The Hall–Kier alpha value is -1.69. The van der Waals surface area contributed by atoms with E-state index in [-0.39, 0.29) is 35.2 Å². The third-order valence-electron chi connectivity index (χ3n) is 11.6. The Morgan fingerprint density at radius 3 is 2.16 bits per heavy atom. The zero-order chi connectivity index (χ0) is 28.5. The molecule has 6 heteroatoms. The summed E-state index contributed by atoms with van der Waals surface area (Å²) < 4.78 is 3.86. The second-order valence-corrected chi connectivity index (χ2v) is 14.0. The Kier molecular flexibility index (Phi) is 9.28. The van der Waals surface area contributed by atoms with Crippen LogP contribution >= 0.6 is 0 Å². The maximum atomic E-state index is 13.9. The third-order valence-corrected chi connectivity index (χ3v) is 11.6. The molecule has 0 amide bonds. The molecule has 0 bridgehead atoms. The van der Waals surface area contributed by atoms with Crippen molar-refractivity contribution in [1.29, 1.82) is 0 Å². The number of aliphatic hydroxyl groups excluding tert-OH is 1. The van der Waals surface area contributed by atoms with Crippen LogP contribution in [0.3, 0.4) is 0 Å². The van der Waals surface area contributed by atoms with E-state index in [1.165, 1.54) is 44.8 Å². The van der Waals surface area contributed by atoms with Gasteiger partial charge >= 0.3 is 0 Å². The molecule has 0 aromatic rings. The minimum Gasteiger partial charge on any atom is -0.471 e. The molecular weight excluding hydrogens is 478 g/mol. The Morgan fingerprint density at radius 1 is 0.974 bits per heavy atom. The minimum absolute atomic E-state index is 0.0269. The van der Waals surface area contributed by atoms with Gasteiger partial charge in [-0.2, -0.15) is 0 Å². The molecule has 0 aromatic heterocycles. The molecule has 0 radical (unpaired) electrons. The van der Waals surface area contributed by atoms with Crippen LogP contribution in [0.4, 0.5) is 0 Å². The summed E-state index contributed by atoms with van der Waals surface area (Å²) in [5, 5.41) is 23.3. The summed E-state index contributed by atoms with van der Waals surface area (Å²) in [6.45, 7) is 16.5. The molecule has 0 heterocycles. The fourth-order valence-electron chi connectivity index (χ4n) is 9.52. The lowest BCUT2D eigenvalue weighted by Crippen LogP contribution is -2.59. The average molecular weight is 532 g/mol. The molecule has 5 aliphatic carbocycles. The fourth-order valence-corrected chi connectivity index (χ4v) is 9.52. The van der Waals surface area contributed by atoms with Crippen LogP contribution in [-0.2, 0) is 14.3 Å². The predicted octanol–water partition coefficient (Wildman–Crippen LogP) is 6.82. The molecule has 8 unspecified atom stereocenters. The van der Waals surface area contributed by atoms with Crippen molar-refractivity contribution in [3.8, 4) is 0 Å². The van der Waals surface area contributed by atoms with Crippen LogP contribution < -0.4 is 0 Å². The summed E-state index contributed by atoms with van der Waals surface area (Å²) in [4.78, 5) is 22.9. The van der Waals surface area contributed by atoms with Crippen molar-refractivity contribution in [3.63, 3.8) is 0 Å². The Morgan fingerprint density at radius 2 is 1.58 bits per heavy atom. The molecule has 2 N–H and O–H groups in total. The molecular formula is C32H53NO5. The highest BCUT2D eigenvalue weighted by molar-refractivity contribution is 5.95. The largest absolute Gasteiger partial charge is 0.471 e. The van der Waals surface area contributed by atoms with Crippen LogP contribution in [-0.4, -0.2) is 42.0 Å². The van der Waals surface area contributed by atoms with Crippen molar-refractivity contribution in [3.05, 3.63) is 11.6 Å². The number of oxime groups is 1. The maximum Gasteiger partial charge on any atom is 0.292 e. The van der Waals surface area contributed by atoms with E-state index in [2.05, 4.69) is 50.6 Å². The van der Waals surface area contributed by atoms with E-state index in [0.717, 1.165) is 25.0 Å². The Balaban J connectivity index is 0.000000612. The highest BCUT2D eigenvalue weighted by Crippen LogP contribution is 2.69. The van der Waals surface area contributed by atoms with Gasteiger partial charge in [0.25, 0.3) is 6.47 Å². The lowest BCUT2D eigenvalue weighted by Gasteiger charge is -2.65. The van der Waals surface area contributed by atoms with Crippen LogP contribution in [0.2, 0.25) is 0 Å². The first kappa shape index (κ1) is 30.8. The number of rotatable bonds is 2. The zero-order valence-corrected chi connectivity index (χ0v) is 25.2. The summed E-state index contributed by atoms with van der Waals surface area (Å²) in [5.74, 6) is 1.67. The molecule has 5 rings (SSSR count). The highest BCUT2D eigenvalue weighted by atomic mass is 16.5. The van der Waals surface area contributed by atoms with Crippen LogP contribution in [0.1, 0.15) is 106 Å². The lowest BCUT2D eigenvalue weighted by atomic mass is 9.39. The molecule has 0 aliphatic heterocycles. The Labute approximate surface area is 230 Å². The molecule has 8 atom stereocenters. The summed E-state index contributed by atoms with van der Waals surface area (Å²) in [6, 6.07) is 0. The minimum atomic E-state index is -0.0954. The van der Waals surface area contributed by atoms with Gasteiger partial charge < -0.3 is 15.1 Å². The quantitative estimate of drug-likeness (QED) is 0.231. The molecule has 6 nitrogen and oxygen atoms in total. The first-order valence-corrected chi connectivity index (χ1v) is 15.0. The monoisotopic (exact) mass is 531 g/mol. The van der Waals surface area contributed by atoms with E-state index in [1.807, 2.05) is 13.8 Å². The van der Waals surface area contributed by atoms with Crippen LogP contribution in [0.5, 0.6) is 0 Å². The van der Waals surface area contributed by atoms with E-state index < -0.39 is 0 Å². The van der Waals surface area contributed by atoms with Crippen molar-refractivity contribution in [2.75, 3.05) is 13.7 Å². The number of nitrogens with zero attached hydrogens (tertiary/aromatic N) is 1. The van der Waals surface area contributed by atoms with Crippen molar-refractivity contribution < 1.29 is 24.6 Å². The van der Waals surface area contributed by atoms with Crippen LogP contribution in [0.25, 0.3) is 0 Å². The van der Waals surface area contributed by atoms with Gasteiger partial charge in [0.2, 0.25) is 0 Å². The highest BCUT2D eigenvalue weighted by Gasteiger charge is 2.63. The number of hydrogen-bond acceptors (Lipinski definition) is 6. The molecule has 0 aromatic carbocycles. The number of carbonyl (C=O) groups excluding carboxylic acids is 2. The number of allylic oxidation sites excluding steroid dienone is 2. The van der Waals surface area contributed by atoms with Gasteiger partial charge in [-0.15, -0.1) is 0 Å². The van der Waals surface area contributed by atoms with Crippen molar-refractivity contribution in [2.45, 2.75) is 106 Å². The van der Waals surface area contributed by atoms with Gasteiger partial charge in [-0.1, -0.05) is 59.2 Å². The molecule has 4 fully saturated rings. The van der Waals surface area contributed by atoms with Crippen molar-refractivity contribution in [2.24, 2.45) is 56.4 Å². The summed E-state index contributed by atoms with van der Waals surface area (Å²) >= 11 is 0. The van der Waals surface area contributed by atoms with Gasteiger partial charge in [0.15, 0.2) is 5.78 Å². The van der Waals surface area contributed by atoms with Gasteiger partial charge in [0.05, 0.1) is 19.4 Å². The molecule has 216 valence electrons. The normalized spacial score (nSPS) is 43.8. The number of fused-ring (bicyclic) bond motifs is 7. The standard InChI is InChI=1S/C28H43NO3.C2H4O2.C2H6/c1-25(2)12-13-26(3)9-6-19-24(20(26)15-25)22(31)14-23-27(4)11-8-21(29-32)17(16-30)18(27)7-10-28(19,23)5;1-4-2-3;1-2/h14,17-20,24,30,32H,6-13,15-16H2,1-5H3;2H,1H3;1-2H3/b29-21+;;. The zero-order valence-electron chi connectivity index (χ0n) is 25.2. The number of aliphatic hydroxyl groups is 1. The maximum absolute atomic E-state index is 13.9. The number of ketones is 1. The smallest absolute Gasteiger partial charge is 0.292 e. The van der Waals surface area contributed by atoms with Crippen molar-refractivity contribution in [1.82, 2.24) is 0 Å². The number of ether oxygens (including phenoxy) is 1. The molecule has 0 spiro atoms. The summed E-state index contributed by atoms with van der Waals surface area (Å²) in [5.41, 5.74) is 2.73. The predicted molar refractivity (Wildman–Crippen MR) is 151 cm³/mol. The number of hydrogen-bond donors (Lipinski definition) is 2. The number of methoxy groups -OCH3 is 1. The van der Waals surface area contributed by atoms with Gasteiger partial charge in [0.1, 0.15) is 0 Å². The summed E-state index contributed by atoms with van der Waals surface area (Å²) in [7, 11) is 1.31. The Bertz CT molecular complexity index is 940. The molecule has 5 aliphatic rings. The van der Waals surface area contributed by atoms with Gasteiger partial charge in [0, 0.05) is 11.8 Å². The lowest BCUT2D eigenvalue weighted by molar-refractivity contribution is -0.145. The third kappa shape index (κ3) is 4.99. The van der Waals surface area contributed by atoms with E-state index in [4.69, 9.17) is 4.79 Å². The van der Waals surface area contributed by atoms with Crippen molar-refractivity contribution >= 4 is 18.0 Å². The average Bonchev–Trinajstić information content (AvgIpc) is 2.90. The molecule has 0 saturated heterocycles. The molecule has 38 heavy (non-hydrogen) atoms. The summed E-state index contributed by atoms with van der Waals surface area (Å²) in [6.07, 6.45) is 12.0. The second-order valence-electron chi connectivity index (χ2n) is 14.0. The van der Waals surface area contributed by atoms with Gasteiger partial charge in [-0.25, -0.2) is 0 Å².